The van der Waals surface area contributed by atoms with Crippen molar-refractivity contribution < 1.29 is 14.1 Å². The Balaban J connectivity index is 1.51. The Kier molecular flexibility index (Phi) is 3.83. The van der Waals surface area contributed by atoms with Crippen LogP contribution in [0.2, 0.25) is 0 Å². The fourth-order valence-corrected chi connectivity index (χ4v) is 2.90. The van der Waals surface area contributed by atoms with Crippen LogP contribution in [0.4, 0.5) is 0 Å². The highest BCUT2D eigenvalue weighted by Crippen LogP contribution is 2.42. The predicted octanol–water partition coefficient (Wildman–Crippen LogP) is 2.71. The zero-order valence-corrected chi connectivity index (χ0v) is 13.7. The van der Waals surface area contributed by atoms with Crippen LogP contribution < -0.4 is 5.56 Å². The number of fused-ring (bicyclic) bond motifs is 1. The number of nitrogens with zero attached hydrogens (tertiary/aromatic N) is 2. The number of esters is 1. The minimum atomic E-state index is -0.482. The Morgan fingerprint density at radius 2 is 2.24 bits per heavy atom. The first-order valence-electron chi connectivity index (χ1n) is 8.29. The maximum absolute atomic E-state index is 12.3. The molecule has 3 aromatic rings. The fraction of sp³-hybridized carbons (Fsp3) is 0.333. The lowest BCUT2D eigenvalue weighted by atomic mass is 10.1. The third-order valence-electron chi connectivity index (χ3n) is 4.35. The molecule has 2 aromatic heterocycles. The lowest BCUT2D eigenvalue weighted by Crippen LogP contribution is -2.09. The molecule has 7 nitrogen and oxygen atoms in total. The van der Waals surface area contributed by atoms with E-state index in [9.17, 15) is 9.59 Å². The molecular weight excluding hydrogens is 322 g/mol. The summed E-state index contributed by atoms with van der Waals surface area (Å²) >= 11 is 0. The number of hydrogen-bond donors (Lipinski definition) is 1. The van der Waals surface area contributed by atoms with Crippen LogP contribution in [-0.4, -0.2) is 21.1 Å². The topological polar surface area (TPSA) is 98.1 Å². The van der Waals surface area contributed by atoms with E-state index in [1.807, 2.05) is 6.92 Å². The third-order valence-corrected chi connectivity index (χ3v) is 4.35. The number of carbonyl (C=O) groups is 1. The molecule has 0 atom stereocenters. The highest BCUT2D eigenvalue weighted by Gasteiger charge is 2.31. The smallest absolute Gasteiger partial charge is 0.338 e. The molecule has 25 heavy (non-hydrogen) atoms. The van der Waals surface area contributed by atoms with Crippen LogP contribution in [0.25, 0.3) is 11.0 Å². The molecule has 0 radical (unpaired) electrons. The van der Waals surface area contributed by atoms with Crippen molar-refractivity contribution in [3.63, 3.8) is 0 Å². The van der Waals surface area contributed by atoms with Gasteiger partial charge in [0.2, 0.25) is 0 Å². The maximum Gasteiger partial charge on any atom is 0.338 e. The van der Waals surface area contributed by atoms with Crippen molar-refractivity contribution in [3.8, 4) is 0 Å². The summed E-state index contributed by atoms with van der Waals surface area (Å²) in [6, 6.07) is 4.85. The molecule has 1 fully saturated rings. The molecule has 0 saturated heterocycles. The number of rotatable bonds is 5. The predicted molar refractivity (Wildman–Crippen MR) is 89.3 cm³/mol. The molecule has 2 heterocycles. The van der Waals surface area contributed by atoms with E-state index in [2.05, 4.69) is 15.1 Å². The van der Waals surface area contributed by atoms with Gasteiger partial charge in [0.05, 0.1) is 22.8 Å². The van der Waals surface area contributed by atoms with Crippen LogP contribution in [0.3, 0.4) is 0 Å². The first kappa shape index (κ1) is 15.6. The second-order valence-corrected chi connectivity index (χ2v) is 6.16. The number of nitrogens with one attached hydrogen (secondary N) is 1. The average molecular weight is 339 g/mol. The minimum Gasteiger partial charge on any atom is -0.455 e. The largest absolute Gasteiger partial charge is 0.455 e. The Morgan fingerprint density at radius 1 is 1.40 bits per heavy atom. The van der Waals surface area contributed by atoms with Gasteiger partial charge < -0.3 is 14.2 Å². The summed E-state index contributed by atoms with van der Waals surface area (Å²) in [6.07, 6.45) is 4.26. The average Bonchev–Trinajstić information content (AvgIpc) is 3.38. The molecule has 128 valence electrons. The van der Waals surface area contributed by atoms with Gasteiger partial charge in [0, 0.05) is 11.5 Å². The standard InChI is InChI=1S/C18H17N3O4/c1-2-12-15(21-25-17(12)10-3-4-10)9-24-18(23)11-5-6-13-14(7-11)20-16(22)8-19-13/h5-8,10H,2-4,9H2,1H3,(H,20,22). The molecule has 0 amide bonds. The lowest BCUT2D eigenvalue weighted by molar-refractivity contribution is 0.0463. The highest BCUT2D eigenvalue weighted by molar-refractivity contribution is 5.93. The van der Waals surface area contributed by atoms with Crippen LogP contribution in [0.15, 0.2) is 33.7 Å². The van der Waals surface area contributed by atoms with Crippen LogP contribution in [0.5, 0.6) is 0 Å². The molecule has 1 aliphatic rings. The lowest BCUT2D eigenvalue weighted by Gasteiger charge is -2.05. The normalized spacial score (nSPS) is 14.0. The van der Waals surface area contributed by atoms with Gasteiger partial charge in [-0.05, 0) is 37.5 Å². The second kappa shape index (κ2) is 6.16. The molecule has 7 heteroatoms. The van der Waals surface area contributed by atoms with E-state index in [0.29, 0.717) is 28.2 Å². The zero-order valence-electron chi connectivity index (χ0n) is 13.7. The van der Waals surface area contributed by atoms with E-state index in [-0.39, 0.29) is 12.2 Å². The van der Waals surface area contributed by atoms with Crippen molar-refractivity contribution in [2.75, 3.05) is 0 Å². The van der Waals surface area contributed by atoms with Gasteiger partial charge in [0.25, 0.3) is 5.56 Å². The van der Waals surface area contributed by atoms with Crippen LogP contribution >= 0.6 is 0 Å². The van der Waals surface area contributed by atoms with Gasteiger partial charge in [-0.25, -0.2) is 9.78 Å². The molecule has 0 spiro atoms. The number of hydrogen-bond acceptors (Lipinski definition) is 6. The van der Waals surface area contributed by atoms with Crippen molar-refractivity contribution in [1.82, 2.24) is 15.1 Å². The van der Waals surface area contributed by atoms with E-state index >= 15 is 0 Å². The van der Waals surface area contributed by atoms with Gasteiger partial charge in [0.1, 0.15) is 18.1 Å². The van der Waals surface area contributed by atoms with Gasteiger partial charge in [-0.15, -0.1) is 0 Å². The van der Waals surface area contributed by atoms with Crippen LogP contribution in [0, 0.1) is 0 Å². The minimum absolute atomic E-state index is 0.0693. The Morgan fingerprint density at radius 3 is 3.00 bits per heavy atom. The number of H-pyrrole nitrogens is 1. The first-order valence-corrected chi connectivity index (χ1v) is 8.29. The van der Waals surface area contributed by atoms with Crippen LogP contribution in [-0.2, 0) is 17.8 Å². The van der Waals surface area contributed by atoms with Crippen molar-refractivity contribution in [1.29, 1.82) is 0 Å². The molecule has 1 aromatic carbocycles. The van der Waals surface area contributed by atoms with Crippen LogP contribution in [0.1, 0.15) is 53.1 Å². The second-order valence-electron chi connectivity index (χ2n) is 6.16. The monoisotopic (exact) mass is 339 g/mol. The summed E-state index contributed by atoms with van der Waals surface area (Å²) in [5.41, 5.74) is 2.85. The molecule has 0 aliphatic heterocycles. The van der Waals surface area contributed by atoms with Crippen molar-refractivity contribution in [2.24, 2.45) is 0 Å². The molecule has 4 rings (SSSR count). The number of aromatic amines is 1. The molecule has 0 bridgehead atoms. The summed E-state index contributed by atoms with van der Waals surface area (Å²) in [6.45, 7) is 2.11. The van der Waals surface area contributed by atoms with E-state index in [1.54, 1.807) is 18.2 Å². The van der Waals surface area contributed by atoms with Gasteiger partial charge >= 0.3 is 5.97 Å². The molecular formula is C18H17N3O4. The SMILES string of the molecule is CCc1c(COC(=O)c2ccc3ncc(=O)[nH]c3c2)noc1C1CC1. The van der Waals surface area contributed by atoms with Crippen molar-refractivity contribution >= 4 is 17.0 Å². The Labute approximate surface area is 143 Å². The van der Waals surface area contributed by atoms with Crippen molar-refractivity contribution in [2.45, 2.75) is 38.7 Å². The Bertz CT molecular complexity index is 1000. The molecule has 1 N–H and O–H groups in total. The zero-order chi connectivity index (χ0) is 17.4. The molecule has 0 unspecified atom stereocenters. The summed E-state index contributed by atoms with van der Waals surface area (Å²) in [5, 5.41) is 4.07. The number of carbonyl (C=O) groups excluding carboxylic acids is 1. The maximum atomic E-state index is 12.3. The quantitative estimate of drug-likeness (QED) is 0.718. The molecule has 1 saturated carbocycles. The van der Waals surface area contributed by atoms with Gasteiger partial charge in [-0.1, -0.05) is 12.1 Å². The number of benzene rings is 1. The van der Waals surface area contributed by atoms with E-state index in [4.69, 9.17) is 9.26 Å². The van der Waals surface area contributed by atoms with E-state index < -0.39 is 5.97 Å². The summed E-state index contributed by atoms with van der Waals surface area (Å²) < 4.78 is 10.8. The summed E-state index contributed by atoms with van der Waals surface area (Å²) in [4.78, 5) is 30.3. The summed E-state index contributed by atoms with van der Waals surface area (Å²) in [7, 11) is 0. The van der Waals surface area contributed by atoms with Gasteiger partial charge in [-0.3, -0.25) is 4.79 Å². The Hall–Kier alpha value is -2.96. The van der Waals surface area contributed by atoms with Crippen molar-refractivity contribution in [3.05, 3.63) is 57.3 Å². The fourth-order valence-electron chi connectivity index (χ4n) is 2.90. The third kappa shape index (κ3) is 3.05. The summed E-state index contributed by atoms with van der Waals surface area (Å²) in [5.74, 6) is 0.921. The number of ether oxygens (including phenoxy) is 1. The highest BCUT2D eigenvalue weighted by atomic mass is 16.5. The van der Waals surface area contributed by atoms with Gasteiger partial charge in [0.15, 0.2) is 0 Å². The first-order chi connectivity index (χ1) is 12.2. The number of aromatic nitrogens is 3. The van der Waals surface area contributed by atoms with E-state index in [1.165, 1.54) is 6.20 Å². The van der Waals surface area contributed by atoms with E-state index in [0.717, 1.165) is 30.6 Å². The molecule has 1 aliphatic carbocycles. The van der Waals surface area contributed by atoms with Gasteiger partial charge in [-0.2, -0.15) is 0 Å².